The molecule has 3 heteroatoms. The molecule has 0 N–H and O–H groups in total. The Labute approximate surface area is 257 Å². The molecular weight excluding hydrogens is 550 g/mol. The predicted octanol–water partition coefficient (Wildman–Crippen LogP) is 9.82. The average molecular weight is 576 g/mol. The van der Waals surface area contributed by atoms with E-state index in [9.17, 15) is 9.59 Å². The predicted molar refractivity (Wildman–Crippen MR) is 188 cm³/mol. The van der Waals surface area contributed by atoms with Gasteiger partial charge in [0.2, 0.25) is 0 Å². The molecule has 10 aromatic rings. The first-order valence-corrected chi connectivity index (χ1v) is 15.4. The van der Waals surface area contributed by atoms with Crippen molar-refractivity contribution in [3.05, 3.63) is 147 Å². The summed E-state index contributed by atoms with van der Waals surface area (Å²) in [5, 5.41) is 11.9. The Balaban J connectivity index is 1.54. The fraction of sp³-hybridized carbons (Fsp3) is 0.0476. The molecule has 1 aromatic heterocycles. The van der Waals surface area contributed by atoms with Crippen LogP contribution in [0.4, 0.5) is 0 Å². The van der Waals surface area contributed by atoms with Gasteiger partial charge in [-0.25, -0.2) is 4.57 Å². The quantitative estimate of drug-likeness (QED) is 0.197. The molecule has 0 aliphatic heterocycles. The molecule has 0 saturated carbocycles. The van der Waals surface area contributed by atoms with Gasteiger partial charge in [0.25, 0.3) is 11.1 Å². The van der Waals surface area contributed by atoms with Crippen LogP contribution in [0.25, 0.3) is 92.6 Å². The molecule has 0 radical (unpaired) electrons. The average Bonchev–Trinajstić information content (AvgIpc) is 3.57. The molecule has 9 aromatic carbocycles. The van der Waals surface area contributed by atoms with Crippen molar-refractivity contribution in [3.63, 3.8) is 0 Å². The minimum Gasteiger partial charge on any atom is -0.268 e. The van der Waals surface area contributed by atoms with Crippen LogP contribution < -0.4 is 11.1 Å². The van der Waals surface area contributed by atoms with Gasteiger partial charge in [0, 0.05) is 0 Å². The Morgan fingerprint density at radius 1 is 0.444 bits per heavy atom. The zero-order valence-corrected chi connectivity index (χ0v) is 24.7. The summed E-state index contributed by atoms with van der Waals surface area (Å²) < 4.78 is 1.42. The third-order valence-corrected chi connectivity index (χ3v) is 10.2. The maximum absolute atomic E-state index is 14.7. The molecule has 10 rings (SSSR count). The van der Waals surface area contributed by atoms with Crippen molar-refractivity contribution in [1.29, 1.82) is 0 Å². The van der Waals surface area contributed by atoms with Gasteiger partial charge in [-0.1, -0.05) is 97.1 Å². The summed E-state index contributed by atoms with van der Waals surface area (Å²) in [7, 11) is 0. The SMILES string of the molecule is Cc1cccc(-n2c(=O)c3c4cc(-c5ccccc5)c5ccc6ccc7c(-c8ccccc8)cc(c3c2=O)c2c7c6c5c42)c1C. The highest BCUT2D eigenvalue weighted by atomic mass is 16.2. The lowest BCUT2D eigenvalue weighted by Crippen LogP contribution is -2.24. The standard InChI is InChI=1S/C42H25NO2/c1-22-10-9-15-33(23(22)2)43-41(44)39-31-20-29(24-11-5-3-6-12-24)27-18-16-26-17-19-28-30(25-13-7-4-8-14-25)21-32(40(39)42(43)45)38-36(28)34(26)35(27)37(31)38/h3-21H,1-2H3. The number of aromatic nitrogens is 1. The van der Waals surface area contributed by atoms with Crippen LogP contribution in [0.3, 0.4) is 0 Å². The van der Waals surface area contributed by atoms with E-state index in [1.165, 1.54) is 26.1 Å². The lowest BCUT2D eigenvalue weighted by Gasteiger charge is -2.12. The first-order valence-electron chi connectivity index (χ1n) is 15.4. The highest BCUT2D eigenvalue weighted by molar-refractivity contribution is 6.50. The number of benzene rings is 8. The molecule has 0 atom stereocenters. The molecule has 3 nitrogen and oxygen atoms in total. The molecule has 0 spiro atoms. The molecule has 0 unspecified atom stereocenters. The maximum atomic E-state index is 14.7. The first kappa shape index (κ1) is 24.6. The summed E-state index contributed by atoms with van der Waals surface area (Å²) in [6.07, 6.45) is 0. The van der Waals surface area contributed by atoms with Gasteiger partial charge in [-0.05, 0) is 119 Å². The van der Waals surface area contributed by atoms with Crippen LogP contribution in [0.15, 0.2) is 125 Å². The van der Waals surface area contributed by atoms with Crippen molar-refractivity contribution in [2.45, 2.75) is 13.8 Å². The van der Waals surface area contributed by atoms with Crippen LogP contribution in [0.5, 0.6) is 0 Å². The number of rotatable bonds is 3. The lowest BCUT2D eigenvalue weighted by atomic mass is 9.89. The Morgan fingerprint density at radius 2 is 0.933 bits per heavy atom. The monoisotopic (exact) mass is 575 g/mol. The molecular formula is C42H25NO2. The van der Waals surface area contributed by atoms with Gasteiger partial charge in [-0.3, -0.25) is 9.59 Å². The summed E-state index contributed by atoms with van der Waals surface area (Å²) in [5.74, 6) is 0. The molecule has 0 aliphatic rings. The van der Waals surface area contributed by atoms with Crippen LogP contribution in [0.2, 0.25) is 0 Å². The Kier molecular flexibility index (Phi) is 4.61. The summed E-state index contributed by atoms with van der Waals surface area (Å²) in [4.78, 5) is 29.4. The van der Waals surface area contributed by atoms with E-state index in [1.54, 1.807) is 0 Å². The molecule has 0 saturated heterocycles. The summed E-state index contributed by atoms with van der Waals surface area (Å²) in [6.45, 7) is 4.00. The summed E-state index contributed by atoms with van der Waals surface area (Å²) in [6, 6.07) is 39.8. The van der Waals surface area contributed by atoms with Crippen molar-refractivity contribution < 1.29 is 0 Å². The van der Waals surface area contributed by atoms with E-state index in [0.29, 0.717) is 16.5 Å². The fourth-order valence-electron chi connectivity index (χ4n) is 8.10. The molecule has 210 valence electrons. The number of nitrogens with zero attached hydrogens (tertiary/aromatic N) is 1. The summed E-state index contributed by atoms with van der Waals surface area (Å²) >= 11 is 0. The van der Waals surface area contributed by atoms with Gasteiger partial charge in [0.1, 0.15) is 0 Å². The van der Waals surface area contributed by atoms with E-state index >= 15 is 0 Å². The van der Waals surface area contributed by atoms with Crippen molar-refractivity contribution in [2.75, 3.05) is 0 Å². The minimum absolute atomic E-state index is 0.256. The molecule has 0 bridgehead atoms. The Bertz CT molecular complexity index is 2730. The summed E-state index contributed by atoms with van der Waals surface area (Å²) in [5.41, 5.74) is 6.43. The highest BCUT2D eigenvalue weighted by Crippen LogP contribution is 2.53. The lowest BCUT2D eigenvalue weighted by molar-refractivity contribution is 0.974. The van der Waals surface area contributed by atoms with Crippen molar-refractivity contribution >= 4 is 64.6 Å². The van der Waals surface area contributed by atoms with Crippen molar-refractivity contribution in [1.82, 2.24) is 4.57 Å². The third kappa shape index (κ3) is 2.95. The van der Waals surface area contributed by atoms with Crippen LogP contribution >= 0.6 is 0 Å². The largest absolute Gasteiger partial charge is 0.268 e. The van der Waals surface area contributed by atoms with E-state index in [0.717, 1.165) is 65.7 Å². The Hall–Kier alpha value is -5.80. The van der Waals surface area contributed by atoms with E-state index in [1.807, 2.05) is 44.2 Å². The van der Waals surface area contributed by atoms with Gasteiger partial charge in [0.05, 0.1) is 16.5 Å². The second-order valence-corrected chi connectivity index (χ2v) is 12.4. The van der Waals surface area contributed by atoms with E-state index in [4.69, 9.17) is 0 Å². The zero-order chi connectivity index (χ0) is 30.1. The molecule has 0 fully saturated rings. The van der Waals surface area contributed by atoms with Crippen LogP contribution in [-0.4, -0.2) is 4.57 Å². The van der Waals surface area contributed by atoms with Gasteiger partial charge in [-0.2, -0.15) is 0 Å². The third-order valence-electron chi connectivity index (χ3n) is 10.2. The number of hydrogen-bond acceptors (Lipinski definition) is 2. The highest BCUT2D eigenvalue weighted by Gasteiger charge is 2.29. The van der Waals surface area contributed by atoms with Crippen LogP contribution in [-0.2, 0) is 0 Å². The zero-order valence-electron chi connectivity index (χ0n) is 24.7. The van der Waals surface area contributed by atoms with Crippen LogP contribution in [0, 0.1) is 13.8 Å². The van der Waals surface area contributed by atoms with Crippen molar-refractivity contribution in [3.8, 4) is 27.9 Å². The molecule has 0 amide bonds. The normalized spacial score (nSPS) is 12.4. The molecule has 45 heavy (non-hydrogen) atoms. The smallest absolute Gasteiger partial charge is 0.266 e. The van der Waals surface area contributed by atoms with Gasteiger partial charge < -0.3 is 0 Å². The fourth-order valence-corrected chi connectivity index (χ4v) is 8.10. The van der Waals surface area contributed by atoms with Gasteiger partial charge in [0.15, 0.2) is 0 Å². The van der Waals surface area contributed by atoms with Gasteiger partial charge in [-0.15, -0.1) is 0 Å². The first-order chi connectivity index (χ1) is 22.0. The number of hydrogen-bond donors (Lipinski definition) is 0. The van der Waals surface area contributed by atoms with Crippen LogP contribution in [0.1, 0.15) is 11.1 Å². The Morgan fingerprint density at radius 3 is 1.44 bits per heavy atom. The number of aryl methyl sites for hydroxylation is 1. The van der Waals surface area contributed by atoms with E-state index in [-0.39, 0.29) is 11.1 Å². The van der Waals surface area contributed by atoms with Crippen molar-refractivity contribution in [2.24, 2.45) is 0 Å². The number of fused-ring (bicyclic) bond motifs is 3. The van der Waals surface area contributed by atoms with E-state index in [2.05, 4.69) is 84.9 Å². The molecule has 0 aliphatic carbocycles. The second-order valence-electron chi connectivity index (χ2n) is 12.4. The molecule has 1 heterocycles. The van der Waals surface area contributed by atoms with Gasteiger partial charge >= 0.3 is 0 Å². The topological polar surface area (TPSA) is 39.1 Å². The van der Waals surface area contributed by atoms with E-state index < -0.39 is 0 Å². The maximum Gasteiger partial charge on any atom is 0.266 e. The minimum atomic E-state index is -0.256. The second kappa shape index (κ2) is 8.43.